The number of rotatable bonds is 22. The first-order chi connectivity index (χ1) is 36.9. The summed E-state index contributed by atoms with van der Waals surface area (Å²) in [5, 5.41) is 11.9. The summed E-state index contributed by atoms with van der Waals surface area (Å²) in [6.07, 6.45) is -13.0. The second-order valence-corrected chi connectivity index (χ2v) is 17.9. The molecule has 2 aliphatic rings. The molecule has 10 atom stereocenters. The lowest BCUT2D eigenvalue weighted by Crippen LogP contribution is -2.64. The Balaban J connectivity index is 1.07. The van der Waals surface area contributed by atoms with Gasteiger partial charge in [0.2, 0.25) is 0 Å². The van der Waals surface area contributed by atoms with E-state index in [1.165, 1.54) is 24.3 Å². The highest BCUT2D eigenvalue weighted by molar-refractivity contribution is 5.91. The third-order valence-electron chi connectivity index (χ3n) is 12.6. The highest BCUT2D eigenvalue weighted by Crippen LogP contribution is 2.35. The molecule has 0 aromatic heterocycles. The van der Waals surface area contributed by atoms with E-state index in [1.54, 1.807) is 66.7 Å². The minimum absolute atomic E-state index is 0.0345. The summed E-state index contributed by atoms with van der Waals surface area (Å²) in [5.41, 5.74) is 4.08. The van der Waals surface area contributed by atoms with E-state index < -0.39 is 85.9 Å². The Kier molecular flexibility index (Phi) is 18.7. The van der Waals surface area contributed by atoms with Crippen molar-refractivity contribution in [2.24, 2.45) is 0 Å². The van der Waals surface area contributed by atoms with E-state index in [0.717, 1.165) is 22.3 Å². The van der Waals surface area contributed by atoms with Crippen LogP contribution in [0.2, 0.25) is 0 Å². The van der Waals surface area contributed by atoms with Gasteiger partial charge in [0.25, 0.3) is 0 Å². The lowest BCUT2D eigenvalue weighted by Gasteiger charge is -2.47. The average Bonchev–Trinajstić information content (AvgIpc) is 3.46. The minimum Gasteiger partial charge on any atom is -0.452 e. The number of carbonyl (C=O) groups is 3. The fourth-order valence-electron chi connectivity index (χ4n) is 8.80. The van der Waals surface area contributed by atoms with Crippen LogP contribution in [0.3, 0.4) is 0 Å². The lowest BCUT2D eigenvalue weighted by atomic mass is 9.96. The standard InChI is InChI=1S/C61H58O14/c62-57(46-30-16-5-17-31-46)73-52-50(71-60(65)55(75-59(64)48-34-20-7-21-35-48)54(52)74-58(63)47-32-18-6-19-33-47)41-70-61-56(69-39-45-28-14-4-15-29-45)53(68-38-44-26-12-3-13-27-44)51(67-37-43-24-10-2-11-25-43)49(72-61)40-66-36-42-22-8-1-9-23-42/h1-35,49-56,60-61,65H,36-41H2/t49?,50?,51-,52-,53?,54?,55?,56?,60+,61+/m1/s1. The molecule has 7 aromatic rings. The highest BCUT2D eigenvalue weighted by atomic mass is 16.7. The molecule has 0 saturated carbocycles. The molecule has 1 N–H and O–H groups in total. The monoisotopic (exact) mass is 1010 g/mol. The Morgan fingerprint density at radius 3 is 1.13 bits per heavy atom. The highest BCUT2D eigenvalue weighted by Gasteiger charge is 2.54. The molecule has 6 unspecified atom stereocenters. The molecule has 0 spiro atoms. The van der Waals surface area contributed by atoms with Crippen molar-refractivity contribution in [1.82, 2.24) is 0 Å². The van der Waals surface area contributed by atoms with Crippen LogP contribution in [0.4, 0.5) is 0 Å². The van der Waals surface area contributed by atoms with Crippen LogP contribution in [0.1, 0.15) is 53.3 Å². The van der Waals surface area contributed by atoms with Crippen molar-refractivity contribution < 1.29 is 66.9 Å². The number of esters is 3. The molecular weight excluding hydrogens is 957 g/mol. The summed E-state index contributed by atoms with van der Waals surface area (Å²) in [7, 11) is 0. The number of hydrogen-bond acceptors (Lipinski definition) is 14. The molecule has 0 amide bonds. The van der Waals surface area contributed by atoms with E-state index in [2.05, 4.69) is 0 Å². The van der Waals surface area contributed by atoms with Crippen LogP contribution in [-0.2, 0) is 73.8 Å². The van der Waals surface area contributed by atoms with Gasteiger partial charge < -0.3 is 52.5 Å². The van der Waals surface area contributed by atoms with Crippen LogP contribution < -0.4 is 0 Å². The molecule has 75 heavy (non-hydrogen) atoms. The number of aliphatic hydroxyl groups excluding tert-OH is 1. The molecule has 2 heterocycles. The normalized spacial score (nSPS) is 23.4. The first-order valence-electron chi connectivity index (χ1n) is 24.8. The molecule has 0 aliphatic carbocycles. The first kappa shape index (κ1) is 52.5. The second-order valence-electron chi connectivity index (χ2n) is 17.9. The predicted molar refractivity (Wildman–Crippen MR) is 274 cm³/mol. The van der Waals surface area contributed by atoms with Gasteiger partial charge in [-0.2, -0.15) is 0 Å². The molecule has 14 nitrogen and oxygen atoms in total. The summed E-state index contributed by atoms with van der Waals surface area (Å²) in [6, 6.07) is 63.2. The Morgan fingerprint density at radius 2 is 0.693 bits per heavy atom. The maximum Gasteiger partial charge on any atom is 0.338 e. The number of benzene rings is 7. The zero-order valence-electron chi connectivity index (χ0n) is 41.0. The molecule has 0 radical (unpaired) electrons. The van der Waals surface area contributed by atoms with Crippen LogP contribution in [0.25, 0.3) is 0 Å². The fraction of sp³-hybridized carbons (Fsp3) is 0.262. The zero-order chi connectivity index (χ0) is 51.6. The number of carbonyl (C=O) groups excluding carboxylic acids is 3. The molecule has 7 aromatic carbocycles. The van der Waals surface area contributed by atoms with Crippen molar-refractivity contribution in [1.29, 1.82) is 0 Å². The Bertz CT molecular complexity index is 2810. The molecule has 14 heteroatoms. The van der Waals surface area contributed by atoms with Gasteiger partial charge in [0.05, 0.1) is 56.3 Å². The van der Waals surface area contributed by atoms with Crippen molar-refractivity contribution in [3.63, 3.8) is 0 Å². The lowest BCUT2D eigenvalue weighted by molar-refractivity contribution is -0.342. The SMILES string of the molecule is O=C(OC1C(OC(=O)c2ccccc2)[C@@H](O)OC(CO[C@H]2OC(COCc3ccccc3)[C@@H](OCc3ccccc3)C(OCc3ccccc3)C2OCc2ccccc2)[C@H]1OC(=O)c1ccccc1)c1ccccc1. The smallest absolute Gasteiger partial charge is 0.338 e. The second kappa shape index (κ2) is 26.7. The quantitative estimate of drug-likeness (QED) is 0.0505. The Labute approximate surface area is 435 Å². The van der Waals surface area contributed by atoms with Gasteiger partial charge in [0, 0.05) is 0 Å². The number of aliphatic hydroxyl groups is 1. The van der Waals surface area contributed by atoms with Gasteiger partial charge in [0.15, 0.2) is 30.9 Å². The van der Waals surface area contributed by atoms with E-state index >= 15 is 0 Å². The fourth-order valence-corrected chi connectivity index (χ4v) is 8.80. The van der Waals surface area contributed by atoms with Crippen LogP contribution in [0.5, 0.6) is 0 Å². The van der Waals surface area contributed by atoms with E-state index in [1.807, 2.05) is 121 Å². The summed E-state index contributed by atoms with van der Waals surface area (Å²) in [4.78, 5) is 41.9. The Morgan fingerprint density at radius 1 is 0.347 bits per heavy atom. The predicted octanol–water partition coefficient (Wildman–Crippen LogP) is 9.09. The average molecular weight is 1020 g/mol. The summed E-state index contributed by atoms with van der Waals surface area (Å²) in [5.74, 6) is -2.52. The number of ether oxygens (including phenoxy) is 10. The largest absolute Gasteiger partial charge is 0.452 e. The summed E-state index contributed by atoms with van der Waals surface area (Å²) < 4.78 is 65.2. The van der Waals surface area contributed by atoms with Gasteiger partial charge in [0.1, 0.15) is 30.5 Å². The van der Waals surface area contributed by atoms with Gasteiger partial charge in [-0.1, -0.05) is 176 Å². The van der Waals surface area contributed by atoms with Crippen molar-refractivity contribution >= 4 is 17.9 Å². The van der Waals surface area contributed by atoms with Crippen LogP contribution in [-0.4, -0.2) is 97.6 Å². The summed E-state index contributed by atoms with van der Waals surface area (Å²) in [6.45, 7) is 0.321. The molecule has 9 rings (SSSR count). The van der Waals surface area contributed by atoms with Crippen molar-refractivity contribution in [2.75, 3.05) is 13.2 Å². The van der Waals surface area contributed by atoms with Gasteiger partial charge in [-0.3, -0.25) is 0 Å². The van der Waals surface area contributed by atoms with E-state index in [0.29, 0.717) is 0 Å². The molecule has 2 aliphatic heterocycles. The third kappa shape index (κ3) is 14.5. The molecule has 0 bridgehead atoms. The summed E-state index contributed by atoms with van der Waals surface area (Å²) >= 11 is 0. The zero-order valence-corrected chi connectivity index (χ0v) is 41.0. The molecule has 2 saturated heterocycles. The maximum atomic E-state index is 14.1. The van der Waals surface area contributed by atoms with Crippen molar-refractivity contribution in [3.8, 4) is 0 Å². The van der Waals surface area contributed by atoms with Gasteiger partial charge >= 0.3 is 17.9 Å². The van der Waals surface area contributed by atoms with E-state index in [9.17, 15) is 19.5 Å². The Hall–Kier alpha value is -7.37. The van der Waals surface area contributed by atoms with Gasteiger partial charge in [-0.25, -0.2) is 14.4 Å². The van der Waals surface area contributed by atoms with Gasteiger partial charge in [-0.05, 0) is 58.7 Å². The van der Waals surface area contributed by atoms with E-state index in [-0.39, 0.29) is 49.7 Å². The topological polar surface area (TPSA) is 164 Å². The van der Waals surface area contributed by atoms with E-state index in [4.69, 9.17) is 47.4 Å². The van der Waals surface area contributed by atoms with Gasteiger partial charge in [-0.15, -0.1) is 0 Å². The molecule has 2 fully saturated rings. The van der Waals surface area contributed by atoms with Crippen LogP contribution >= 0.6 is 0 Å². The third-order valence-corrected chi connectivity index (χ3v) is 12.6. The maximum absolute atomic E-state index is 14.1. The molecular formula is C61H58O14. The van der Waals surface area contributed by atoms with Crippen molar-refractivity contribution in [3.05, 3.63) is 251 Å². The first-order valence-corrected chi connectivity index (χ1v) is 24.8. The van der Waals surface area contributed by atoms with Crippen LogP contribution in [0, 0.1) is 0 Å². The number of hydrogen-bond donors (Lipinski definition) is 1. The molecule has 386 valence electrons. The van der Waals surface area contributed by atoms with Crippen LogP contribution in [0.15, 0.2) is 212 Å². The minimum atomic E-state index is -1.93. The van der Waals surface area contributed by atoms with Crippen molar-refractivity contribution in [2.45, 2.75) is 87.8 Å².